The highest BCUT2D eigenvalue weighted by Gasteiger charge is 2.44. The van der Waals surface area contributed by atoms with Crippen LogP contribution >= 0.6 is 0 Å². The maximum atomic E-state index is 13.1. The Morgan fingerprint density at radius 2 is 1.60 bits per heavy atom. The molecule has 7 nitrogen and oxygen atoms in total. The number of amides is 2. The summed E-state index contributed by atoms with van der Waals surface area (Å²) < 4.78 is 44.9. The van der Waals surface area contributed by atoms with Gasteiger partial charge >= 0.3 is 18.2 Å². The van der Waals surface area contributed by atoms with Gasteiger partial charge in [-0.3, -0.25) is 9.59 Å². The molecule has 2 amide bonds. The van der Waals surface area contributed by atoms with Gasteiger partial charge in [0.25, 0.3) is 0 Å². The quantitative estimate of drug-likeness (QED) is 0.539. The van der Waals surface area contributed by atoms with Gasteiger partial charge in [-0.05, 0) is 35.1 Å². The number of carboxylic acids is 1. The van der Waals surface area contributed by atoms with Crippen molar-refractivity contribution in [2.24, 2.45) is 5.92 Å². The van der Waals surface area contributed by atoms with Crippen LogP contribution in [0.15, 0.2) is 48.5 Å². The van der Waals surface area contributed by atoms with Gasteiger partial charge in [0.15, 0.2) is 0 Å². The summed E-state index contributed by atoms with van der Waals surface area (Å²) in [6.07, 6.45) is -5.72. The number of carbonyl (C=O) groups is 3. The first kappa shape index (κ1) is 24.6. The zero-order valence-electron chi connectivity index (χ0n) is 18.7. The number of nitrogens with one attached hydrogen (secondary N) is 2. The molecule has 0 radical (unpaired) electrons. The summed E-state index contributed by atoms with van der Waals surface area (Å²) in [6, 6.07) is 12.5. The summed E-state index contributed by atoms with van der Waals surface area (Å²) in [7, 11) is 0. The van der Waals surface area contributed by atoms with Crippen LogP contribution in [-0.4, -0.2) is 47.9 Å². The molecule has 0 heterocycles. The lowest BCUT2D eigenvalue weighted by atomic mass is 9.98. The van der Waals surface area contributed by atoms with Crippen LogP contribution < -0.4 is 10.6 Å². The Kier molecular flexibility index (Phi) is 7.00. The van der Waals surface area contributed by atoms with Gasteiger partial charge in [-0.2, -0.15) is 13.2 Å². The van der Waals surface area contributed by atoms with Crippen molar-refractivity contribution in [3.8, 4) is 11.1 Å². The van der Waals surface area contributed by atoms with E-state index < -0.39 is 48.6 Å². The molecule has 4 rings (SSSR count). The second-order valence-corrected chi connectivity index (χ2v) is 8.81. The lowest BCUT2D eigenvalue weighted by Gasteiger charge is -2.25. The van der Waals surface area contributed by atoms with Crippen molar-refractivity contribution in [2.75, 3.05) is 6.61 Å². The smallest absolute Gasteiger partial charge is 0.409 e. The zero-order valence-corrected chi connectivity index (χ0v) is 18.7. The van der Waals surface area contributed by atoms with E-state index in [1.807, 2.05) is 48.5 Å². The van der Waals surface area contributed by atoms with Crippen molar-refractivity contribution in [1.29, 1.82) is 0 Å². The molecule has 1 saturated carbocycles. The van der Waals surface area contributed by atoms with Crippen molar-refractivity contribution in [3.63, 3.8) is 0 Å². The molecule has 3 N–H and O–H groups in total. The molecule has 0 saturated heterocycles. The maximum absolute atomic E-state index is 13.1. The van der Waals surface area contributed by atoms with Crippen LogP contribution in [0.4, 0.5) is 18.0 Å². The summed E-state index contributed by atoms with van der Waals surface area (Å²) in [6.45, 7) is 0.0677. The van der Waals surface area contributed by atoms with E-state index in [-0.39, 0.29) is 18.9 Å². The fourth-order valence-corrected chi connectivity index (χ4v) is 4.94. The highest BCUT2D eigenvalue weighted by molar-refractivity contribution is 5.82. The average Bonchev–Trinajstić information content (AvgIpc) is 3.39. The Morgan fingerprint density at radius 3 is 2.17 bits per heavy atom. The van der Waals surface area contributed by atoms with E-state index in [4.69, 9.17) is 9.84 Å². The van der Waals surface area contributed by atoms with Gasteiger partial charge in [-0.25, -0.2) is 4.79 Å². The van der Waals surface area contributed by atoms with E-state index in [1.54, 1.807) is 5.32 Å². The third-order valence-corrected chi connectivity index (χ3v) is 6.59. The fraction of sp³-hybridized carbons (Fsp3) is 0.400. The normalized spacial score (nSPS) is 20.0. The van der Waals surface area contributed by atoms with Crippen molar-refractivity contribution < 1.29 is 37.4 Å². The summed E-state index contributed by atoms with van der Waals surface area (Å²) in [5.41, 5.74) is 4.22. The molecule has 1 unspecified atom stereocenters. The summed E-state index contributed by atoms with van der Waals surface area (Å²) in [4.78, 5) is 35.9. The summed E-state index contributed by atoms with van der Waals surface area (Å²) >= 11 is 0. The SMILES string of the molecule is O=C(O)CC(NC(=O)[C@H]1CCC[C@H]1NC(=O)OCC1c2ccccc2-c2ccccc21)C(F)(F)F. The molecule has 0 bridgehead atoms. The second-order valence-electron chi connectivity index (χ2n) is 8.81. The van der Waals surface area contributed by atoms with Gasteiger partial charge in [0.05, 0.1) is 12.3 Å². The molecule has 0 aliphatic heterocycles. The van der Waals surface area contributed by atoms with E-state index in [0.717, 1.165) is 22.3 Å². The number of hydrogen-bond acceptors (Lipinski definition) is 4. The van der Waals surface area contributed by atoms with E-state index in [1.165, 1.54) is 0 Å². The number of benzene rings is 2. The largest absolute Gasteiger partial charge is 0.481 e. The number of carbonyl (C=O) groups excluding carboxylic acids is 2. The van der Waals surface area contributed by atoms with Gasteiger partial charge in [-0.15, -0.1) is 0 Å². The molecular formula is C25H25F3N2O5. The van der Waals surface area contributed by atoms with Gasteiger partial charge in [0.2, 0.25) is 5.91 Å². The first-order valence-corrected chi connectivity index (χ1v) is 11.4. The number of carboxylic acid groups (broad SMARTS) is 1. The standard InChI is InChI=1S/C25H25F3N2O5/c26-25(27,28)21(12-22(31)32)30-23(33)18-10-5-11-20(18)29-24(34)35-13-19-16-8-3-1-6-14(16)15-7-2-4-9-17(15)19/h1-4,6-9,18-21H,5,10-13H2,(H,29,34)(H,30,33)(H,31,32)/t18-,20+,21?/m0/s1. The molecule has 2 aliphatic rings. The predicted molar refractivity (Wildman–Crippen MR) is 120 cm³/mol. The number of rotatable bonds is 7. The van der Waals surface area contributed by atoms with Crippen molar-refractivity contribution in [3.05, 3.63) is 59.7 Å². The van der Waals surface area contributed by atoms with Gasteiger partial charge in [0, 0.05) is 12.0 Å². The molecule has 35 heavy (non-hydrogen) atoms. The summed E-state index contributed by atoms with van der Waals surface area (Å²) in [5.74, 6) is -3.67. The number of ether oxygens (including phenoxy) is 1. The molecule has 0 spiro atoms. The minimum atomic E-state index is -4.90. The highest BCUT2D eigenvalue weighted by atomic mass is 19.4. The molecule has 186 valence electrons. The Balaban J connectivity index is 1.37. The lowest BCUT2D eigenvalue weighted by Crippen LogP contribution is -2.51. The van der Waals surface area contributed by atoms with E-state index in [2.05, 4.69) is 5.32 Å². The highest BCUT2D eigenvalue weighted by Crippen LogP contribution is 2.44. The molecule has 10 heteroatoms. The van der Waals surface area contributed by atoms with Gasteiger partial charge in [0.1, 0.15) is 12.6 Å². The van der Waals surface area contributed by atoms with Crippen molar-refractivity contribution in [2.45, 2.75) is 49.9 Å². The van der Waals surface area contributed by atoms with Gasteiger partial charge < -0.3 is 20.5 Å². The average molecular weight is 490 g/mol. The number of halogens is 3. The number of alkyl halides is 3. The predicted octanol–water partition coefficient (Wildman–Crippen LogP) is 4.22. The summed E-state index contributed by atoms with van der Waals surface area (Å²) in [5, 5.41) is 13.2. The number of aliphatic carboxylic acids is 1. The van der Waals surface area contributed by atoms with Crippen LogP contribution in [0.5, 0.6) is 0 Å². The zero-order chi connectivity index (χ0) is 25.2. The third kappa shape index (κ3) is 5.41. The maximum Gasteiger partial charge on any atom is 0.409 e. The Labute approximate surface area is 199 Å². The molecule has 1 fully saturated rings. The van der Waals surface area contributed by atoms with E-state index in [9.17, 15) is 27.6 Å². The van der Waals surface area contributed by atoms with Crippen LogP contribution in [0.25, 0.3) is 11.1 Å². The number of hydrogen-bond donors (Lipinski definition) is 3. The Hall–Kier alpha value is -3.56. The van der Waals surface area contributed by atoms with E-state index >= 15 is 0 Å². The Bertz CT molecular complexity index is 1070. The third-order valence-electron chi connectivity index (χ3n) is 6.59. The molecular weight excluding hydrogens is 465 g/mol. The second kappa shape index (κ2) is 9.97. The van der Waals surface area contributed by atoms with Crippen molar-refractivity contribution in [1.82, 2.24) is 10.6 Å². The molecule has 3 atom stereocenters. The van der Waals surface area contributed by atoms with Crippen molar-refractivity contribution >= 4 is 18.0 Å². The minimum absolute atomic E-state index is 0.0677. The fourth-order valence-electron chi connectivity index (χ4n) is 4.94. The number of alkyl carbamates (subject to hydrolysis) is 1. The molecule has 2 aliphatic carbocycles. The Morgan fingerprint density at radius 1 is 1.00 bits per heavy atom. The van der Waals surface area contributed by atoms with Crippen LogP contribution in [0.2, 0.25) is 0 Å². The van der Waals surface area contributed by atoms with Crippen LogP contribution in [-0.2, 0) is 14.3 Å². The van der Waals surface area contributed by atoms with Gasteiger partial charge in [-0.1, -0.05) is 55.0 Å². The van der Waals surface area contributed by atoms with Crippen LogP contribution in [0, 0.1) is 5.92 Å². The topological polar surface area (TPSA) is 105 Å². The molecule has 2 aromatic carbocycles. The first-order valence-electron chi connectivity index (χ1n) is 11.4. The molecule has 0 aromatic heterocycles. The minimum Gasteiger partial charge on any atom is -0.481 e. The monoisotopic (exact) mass is 490 g/mol. The molecule has 2 aromatic rings. The lowest BCUT2D eigenvalue weighted by molar-refractivity contribution is -0.171. The van der Waals surface area contributed by atoms with Crippen LogP contribution in [0.1, 0.15) is 42.7 Å². The van der Waals surface area contributed by atoms with E-state index in [0.29, 0.717) is 12.8 Å². The number of fused-ring (bicyclic) bond motifs is 3. The van der Waals surface area contributed by atoms with Crippen LogP contribution in [0.3, 0.4) is 0 Å². The first-order chi connectivity index (χ1) is 16.6.